The Hall–Kier alpha value is -2.34. The molecule has 0 saturated heterocycles. The van der Waals surface area contributed by atoms with Gasteiger partial charge in [-0.2, -0.15) is 0 Å². The van der Waals surface area contributed by atoms with E-state index in [0.29, 0.717) is 5.75 Å². The summed E-state index contributed by atoms with van der Waals surface area (Å²) in [5, 5.41) is 2.85. The van der Waals surface area contributed by atoms with Crippen molar-refractivity contribution in [2.24, 2.45) is 0 Å². The summed E-state index contributed by atoms with van der Waals surface area (Å²) in [7, 11) is -3.22. The number of sulfone groups is 1. The van der Waals surface area contributed by atoms with E-state index in [9.17, 15) is 13.2 Å². The van der Waals surface area contributed by atoms with Crippen molar-refractivity contribution in [3.8, 4) is 5.75 Å². The van der Waals surface area contributed by atoms with E-state index in [-0.39, 0.29) is 23.5 Å². The lowest BCUT2D eigenvalue weighted by molar-refractivity contribution is -0.123. The minimum absolute atomic E-state index is 0.0734. The van der Waals surface area contributed by atoms with Crippen LogP contribution in [0.1, 0.15) is 29.7 Å². The molecule has 0 aliphatic heterocycles. The number of carbonyl (C=O) groups excluding carboxylic acids is 1. The summed E-state index contributed by atoms with van der Waals surface area (Å²) in [5.41, 5.74) is 2.95. The first-order valence-corrected chi connectivity index (χ1v) is 9.86. The van der Waals surface area contributed by atoms with Gasteiger partial charge >= 0.3 is 0 Å². The highest BCUT2D eigenvalue weighted by Crippen LogP contribution is 2.20. The average molecular weight is 361 g/mol. The lowest BCUT2D eigenvalue weighted by Crippen LogP contribution is -2.31. The van der Waals surface area contributed by atoms with Crippen molar-refractivity contribution in [1.29, 1.82) is 0 Å². The van der Waals surface area contributed by atoms with Gasteiger partial charge in [-0.15, -0.1) is 0 Å². The second kappa shape index (κ2) is 7.70. The van der Waals surface area contributed by atoms with Crippen LogP contribution in [-0.4, -0.2) is 27.2 Å². The van der Waals surface area contributed by atoms with Gasteiger partial charge in [0.25, 0.3) is 5.91 Å². The van der Waals surface area contributed by atoms with Crippen LogP contribution in [0.3, 0.4) is 0 Å². The van der Waals surface area contributed by atoms with Crippen LogP contribution in [0.15, 0.2) is 47.4 Å². The van der Waals surface area contributed by atoms with E-state index < -0.39 is 9.84 Å². The summed E-state index contributed by atoms with van der Waals surface area (Å²) >= 11 is 0. The number of ether oxygens (including phenoxy) is 1. The number of rotatable bonds is 6. The molecule has 2 aromatic rings. The standard InChI is InChI=1S/C19H23NO4S/c1-13-6-5-7-18(14(13)2)24-12-19(21)20-15(3)16-8-10-17(11-9-16)25(4,22)23/h5-11,15H,12H2,1-4H3,(H,20,21). The monoisotopic (exact) mass is 361 g/mol. The molecule has 1 N–H and O–H groups in total. The zero-order chi connectivity index (χ0) is 18.6. The topological polar surface area (TPSA) is 72.5 Å². The highest BCUT2D eigenvalue weighted by molar-refractivity contribution is 7.90. The van der Waals surface area contributed by atoms with Gasteiger partial charge in [-0.1, -0.05) is 24.3 Å². The molecule has 6 heteroatoms. The van der Waals surface area contributed by atoms with Gasteiger partial charge in [-0.05, 0) is 55.7 Å². The fraction of sp³-hybridized carbons (Fsp3) is 0.316. The van der Waals surface area contributed by atoms with Crippen LogP contribution in [-0.2, 0) is 14.6 Å². The molecule has 0 spiro atoms. The number of hydrogen-bond donors (Lipinski definition) is 1. The summed E-state index contributed by atoms with van der Waals surface area (Å²) < 4.78 is 28.5. The minimum atomic E-state index is -3.22. The van der Waals surface area contributed by atoms with E-state index in [1.54, 1.807) is 24.3 Å². The zero-order valence-corrected chi connectivity index (χ0v) is 15.7. The molecule has 5 nitrogen and oxygen atoms in total. The van der Waals surface area contributed by atoms with Crippen molar-refractivity contribution in [2.45, 2.75) is 31.7 Å². The fourth-order valence-corrected chi connectivity index (χ4v) is 3.02. The summed E-state index contributed by atoms with van der Waals surface area (Å²) in [5.74, 6) is 0.459. The quantitative estimate of drug-likeness (QED) is 0.858. The van der Waals surface area contributed by atoms with Gasteiger partial charge in [0, 0.05) is 6.26 Å². The Morgan fingerprint density at radius 1 is 1.12 bits per heavy atom. The van der Waals surface area contributed by atoms with Crippen molar-refractivity contribution < 1.29 is 17.9 Å². The molecule has 2 aromatic carbocycles. The van der Waals surface area contributed by atoms with Gasteiger partial charge in [0.2, 0.25) is 0 Å². The van der Waals surface area contributed by atoms with Gasteiger partial charge in [0.05, 0.1) is 10.9 Å². The first kappa shape index (κ1) is 19.0. The van der Waals surface area contributed by atoms with E-state index in [0.717, 1.165) is 22.9 Å². The van der Waals surface area contributed by atoms with Crippen molar-refractivity contribution in [1.82, 2.24) is 5.32 Å². The van der Waals surface area contributed by atoms with E-state index in [1.807, 2.05) is 39.0 Å². The molecular formula is C19H23NO4S. The third-order valence-electron chi connectivity index (χ3n) is 4.10. The van der Waals surface area contributed by atoms with Crippen LogP contribution in [0.5, 0.6) is 5.75 Å². The third kappa shape index (κ3) is 5.06. The molecule has 1 unspecified atom stereocenters. The van der Waals surface area contributed by atoms with Gasteiger partial charge in [0.1, 0.15) is 5.75 Å². The van der Waals surface area contributed by atoms with E-state index >= 15 is 0 Å². The predicted molar refractivity (Wildman–Crippen MR) is 97.5 cm³/mol. The van der Waals surface area contributed by atoms with Gasteiger partial charge < -0.3 is 10.1 Å². The largest absolute Gasteiger partial charge is 0.483 e. The van der Waals surface area contributed by atoms with Gasteiger partial charge in [-0.3, -0.25) is 4.79 Å². The lowest BCUT2D eigenvalue weighted by Gasteiger charge is -2.16. The molecule has 134 valence electrons. The molecule has 0 fully saturated rings. The summed E-state index contributed by atoms with van der Waals surface area (Å²) in [6.45, 7) is 5.71. The Morgan fingerprint density at radius 3 is 2.36 bits per heavy atom. The number of carbonyl (C=O) groups is 1. The maximum absolute atomic E-state index is 12.1. The lowest BCUT2D eigenvalue weighted by atomic mass is 10.1. The Morgan fingerprint density at radius 2 is 1.76 bits per heavy atom. The maximum Gasteiger partial charge on any atom is 0.258 e. The Labute approximate surface area is 148 Å². The van der Waals surface area contributed by atoms with Crippen LogP contribution in [0.25, 0.3) is 0 Å². The SMILES string of the molecule is Cc1cccc(OCC(=O)NC(C)c2ccc(S(C)(=O)=O)cc2)c1C. The van der Waals surface area contributed by atoms with Gasteiger partial charge in [0.15, 0.2) is 16.4 Å². The molecule has 1 atom stereocenters. The van der Waals surface area contributed by atoms with Crippen LogP contribution < -0.4 is 10.1 Å². The smallest absolute Gasteiger partial charge is 0.258 e. The van der Waals surface area contributed by atoms with E-state index in [4.69, 9.17) is 4.74 Å². The number of aryl methyl sites for hydroxylation is 1. The normalized spacial score (nSPS) is 12.5. The summed E-state index contributed by atoms with van der Waals surface area (Å²) in [4.78, 5) is 12.3. The van der Waals surface area contributed by atoms with Crippen molar-refractivity contribution in [3.63, 3.8) is 0 Å². The number of hydrogen-bond acceptors (Lipinski definition) is 4. The molecule has 1 amide bonds. The molecule has 0 saturated carbocycles. The molecule has 0 aliphatic carbocycles. The summed E-state index contributed by atoms with van der Waals surface area (Å²) in [6.07, 6.45) is 1.16. The molecule has 0 aromatic heterocycles. The minimum Gasteiger partial charge on any atom is -0.483 e. The molecule has 2 rings (SSSR count). The maximum atomic E-state index is 12.1. The third-order valence-corrected chi connectivity index (χ3v) is 5.23. The van der Waals surface area contributed by atoms with E-state index in [1.165, 1.54) is 0 Å². The highest BCUT2D eigenvalue weighted by Gasteiger charge is 2.13. The molecule has 0 heterocycles. The average Bonchev–Trinajstić information content (AvgIpc) is 2.55. The van der Waals surface area contributed by atoms with Crippen molar-refractivity contribution >= 4 is 15.7 Å². The molecular weight excluding hydrogens is 338 g/mol. The molecule has 0 aliphatic rings. The highest BCUT2D eigenvalue weighted by atomic mass is 32.2. The number of nitrogens with one attached hydrogen (secondary N) is 1. The van der Waals surface area contributed by atoms with Crippen LogP contribution >= 0.6 is 0 Å². The Kier molecular flexibility index (Phi) is 5.85. The second-order valence-corrected chi connectivity index (χ2v) is 8.13. The fourth-order valence-electron chi connectivity index (χ4n) is 2.39. The van der Waals surface area contributed by atoms with Crippen LogP contribution in [0, 0.1) is 13.8 Å². The first-order chi connectivity index (χ1) is 11.7. The molecule has 0 radical (unpaired) electrons. The Balaban J connectivity index is 1.95. The Bertz CT molecular complexity index is 857. The van der Waals surface area contributed by atoms with Crippen molar-refractivity contribution in [3.05, 3.63) is 59.2 Å². The number of benzene rings is 2. The van der Waals surface area contributed by atoms with Crippen molar-refractivity contribution in [2.75, 3.05) is 12.9 Å². The van der Waals surface area contributed by atoms with Crippen LogP contribution in [0.2, 0.25) is 0 Å². The van der Waals surface area contributed by atoms with Gasteiger partial charge in [-0.25, -0.2) is 8.42 Å². The summed E-state index contributed by atoms with van der Waals surface area (Å²) in [6, 6.07) is 12.0. The molecule has 0 bridgehead atoms. The predicted octanol–water partition coefficient (Wildman–Crippen LogP) is 2.96. The molecule has 25 heavy (non-hydrogen) atoms. The van der Waals surface area contributed by atoms with E-state index in [2.05, 4.69) is 5.32 Å². The van der Waals surface area contributed by atoms with Crippen LogP contribution in [0.4, 0.5) is 0 Å². The number of amides is 1. The second-order valence-electron chi connectivity index (χ2n) is 6.12. The zero-order valence-electron chi connectivity index (χ0n) is 14.9. The first-order valence-electron chi connectivity index (χ1n) is 7.97.